The molecule has 0 N–H and O–H groups in total. The fourth-order valence-corrected chi connectivity index (χ4v) is 3.73. The molecule has 0 spiro atoms. The Morgan fingerprint density at radius 1 is 0.800 bits per heavy atom. The molecule has 134 valence electrons. The van der Waals surface area contributed by atoms with E-state index in [1.54, 1.807) is 0 Å². The van der Waals surface area contributed by atoms with Gasteiger partial charge in [-0.3, -0.25) is 4.90 Å². The van der Waals surface area contributed by atoms with Crippen LogP contribution in [0.3, 0.4) is 0 Å². The number of piperidine rings is 1. The van der Waals surface area contributed by atoms with Gasteiger partial charge in [0.25, 0.3) is 0 Å². The van der Waals surface area contributed by atoms with Crippen LogP contribution in [0.5, 0.6) is 0 Å². The Kier molecular flexibility index (Phi) is 7.08. The van der Waals surface area contributed by atoms with Crippen LogP contribution in [-0.4, -0.2) is 36.0 Å². The largest absolute Gasteiger partial charge is 0.302 e. The summed E-state index contributed by atoms with van der Waals surface area (Å²) >= 11 is 0. The van der Waals surface area contributed by atoms with Crippen LogP contribution >= 0.6 is 0 Å². The molecule has 0 aliphatic carbocycles. The summed E-state index contributed by atoms with van der Waals surface area (Å²) in [6, 6.07) is 20.0. The molecule has 1 fully saturated rings. The quantitative estimate of drug-likeness (QED) is 0.687. The van der Waals surface area contributed by atoms with E-state index in [0.717, 1.165) is 26.1 Å². The van der Waals surface area contributed by atoms with Crippen LogP contribution in [0.2, 0.25) is 0 Å². The van der Waals surface area contributed by atoms with Gasteiger partial charge in [-0.25, -0.2) is 0 Å². The Labute approximate surface area is 153 Å². The molecule has 0 atom stereocenters. The first kappa shape index (κ1) is 18.2. The predicted octanol–water partition coefficient (Wildman–Crippen LogP) is 4.74. The summed E-state index contributed by atoms with van der Waals surface area (Å²) in [7, 11) is 0. The van der Waals surface area contributed by atoms with Crippen molar-refractivity contribution in [2.75, 3.05) is 26.2 Å². The molecule has 2 aromatic rings. The van der Waals surface area contributed by atoms with Crippen molar-refractivity contribution in [2.45, 2.75) is 45.7 Å². The van der Waals surface area contributed by atoms with Crippen LogP contribution in [0.15, 0.2) is 54.6 Å². The monoisotopic (exact) mass is 336 g/mol. The topological polar surface area (TPSA) is 6.48 Å². The van der Waals surface area contributed by atoms with Gasteiger partial charge in [0.05, 0.1) is 0 Å². The Morgan fingerprint density at radius 2 is 1.48 bits per heavy atom. The standard InChI is InChI=1S/C23H32N2/c1-2-21-12-9-13-23(18-21)20-25(19-22-10-5-3-6-11-22)17-16-24-14-7-4-8-15-24/h3,5-6,9-13,18H,2,4,7-8,14-17,19-20H2,1H3. The van der Waals surface area contributed by atoms with Gasteiger partial charge < -0.3 is 4.90 Å². The number of rotatable bonds is 8. The van der Waals surface area contributed by atoms with Crippen molar-refractivity contribution in [3.8, 4) is 0 Å². The summed E-state index contributed by atoms with van der Waals surface area (Å²) in [6.07, 6.45) is 5.27. The zero-order valence-electron chi connectivity index (χ0n) is 15.7. The normalized spacial score (nSPS) is 15.6. The summed E-state index contributed by atoms with van der Waals surface area (Å²) in [4.78, 5) is 5.25. The van der Waals surface area contributed by atoms with Crippen molar-refractivity contribution in [1.82, 2.24) is 9.80 Å². The predicted molar refractivity (Wildman–Crippen MR) is 107 cm³/mol. The molecular weight excluding hydrogens is 304 g/mol. The molecule has 1 aliphatic rings. The summed E-state index contributed by atoms with van der Waals surface area (Å²) in [5.41, 5.74) is 4.29. The molecule has 0 radical (unpaired) electrons. The first-order valence-corrected chi connectivity index (χ1v) is 9.90. The molecule has 2 aromatic carbocycles. The van der Waals surface area contributed by atoms with E-state index >= 15 is 0 Å². The Balaban J connectivity index is 1.64. The second-order valence-corrected chi connectivity index (χ2v) is 7.27. The number of likely N-dealkylation sites (tertiary alicyclic amines) is 1. The third kappa shape index (κ3) is 5.98. The average Bonchev–Trinajstić information content (AvgIpc) is 2.68. The number of hydrogen-bond acceptors (Lipinski definition) is 2. The molecule has 0 unspecified atom stereocenters. The molecule has 0 bridgehead atoms. The lowest BCUT2D eigenvalue weighted by Crippen LogP contribution is -2.37. The molecule has 1 aliphatic heterocycles. The molecule has 0 amide bonds. The van der Waals surface area contributed by atoms with Gasteiger partial charge in [-0.05, 0) is 49.0 Å². The minimum Gasteiger partial charge on any atom is -0.302 e. The van der Waals surface area contributed by atoms with Gasteiger partial charge in [-0.15, -0.1) is 0 Å². The van der Waals surface area contributed by atoms with E-state index < -0.39 is 0 Å². The van der Waals surface area contributed by atoms with Crippen molar-refractivity contribution in [2.24, 2.45) is 0 Å². The zero-order valence-corrected chi connectivity index (χ0v) is 15.7. The average molecular weight is 337 g/mol. The maximum absolute atomic E-state index is 2.64. The highest BCUT2D eigenvalue weighted by atomic mass is 15.2. The maximum atomic E-state index is 2.64. The minimum atomic E-state index is 1.03. The zero-order chi connectivity index (χ0) is 17.3. The molecule has 2 heteroatoms. The summed E-state index contributed by atoms with van der Waals surface area (Å²) in [5, 5.41) is 0. The van der Waals surface area contributed by atoms with Gasteiger partial charge in [0.15, 0.2) is 0 Å². The number of nitrogens with zero attached hydrogens (tertiary/aromatic N) is 2. The first-order valence-electron chi connectivity index (χ1n) is 9.90. The van der Waals surface area contributed by atoms with Crippen LogP contribution in [0.1, 0.15) is 42.9 Å². The molecule has 2 nitrogen and oxygen atoms in total. The van der Waals surface area contributed by atoms with Crippen molar-refractivity contribution in [1.29, 1.82) is 0 Å². The Hall–Kier alpha value is -1.64. The van der Waals surface area contributed by atoms with Crippen molar-refractivity contribution in [3.63, 3.8) is 0 Å². The van der Waals surface area contributed by atoms with Crippen molar-refractivity contribution >= 4 is 0 Å². The molecule has 25 heavy (non-hydrogen) atoms. The van der Waals surface area contributed by atoms with E-state index in [2.05, 4.69) is 71.3 Å². The van der Waals surface area contributed by atoms with Gasteiger partial charge in [0.1, 0.15) is 0 Å². The minimum absolute atomic E-state index is 1.03. The Bertz CT molecular complexity index is 617. The first-order chi connectivity index (χ1) is 12.3. The van der Waals surface area contributed by atoms with E-state index in [1.165, 1.54) is 55.6 Å². The molecular formula is C23H32N2. The van der Waals surface area contributed by atoms with Crippen LogP contribution in [0, 0.1) is 0 Å². The summed E-state index contributed by atoms with van der Waals surface area (Å²) in [6.45, 7) is 9.21. The molecule has 0 aromatic heterocycles. The smallest absolute Gasteiger partial charge is 0.0237 e. The van der Waals surface area contributed by atoms with Crippen molar-refractivity contribution < 1.29 is 0 Å². The lowest BCUT2D eigenvalue weighted by Gasteiger charge is -2.30. The SMILES string of the molecule is CCc1cccc(CN(CCN2CCCCC2)Cc2ccccc2)c1. The number of benzene rings is 2. The molecule has 1 heterocycles. The van der Waals surface area contributed by atoms with Crippen LogP contribution in [-0.2, 0) is 19.5 Å². The van der Waals surface area contributed by atoms with Gasteiger partial charge in [0, 0.05) is 26.2 Å². The van der Waals surface area contributed by atoms with E-state index in [-0.39, 0.29) is 0 Å². The summed E-state index contributed by atoms with van der Waals surface area (Å²) in [5.74, 6) is 0. The fourth-order valence-electron chi connectivity index (χ4n) is 3.73. The number of aryl methyl sites for hydroxylation is 1. The molecule has 0 saturated carbocycles. The van der Waals surface area contributed by atoms with E-state index in [4.69, 9.17) is 0 Å². The fraction of sp³-hybridized carbons (Fsp3) is 0.478. The second-order valence-electron chi connectivity index (χ2n) is 7.27. The Morgan fingerprint density at radius 3 is 2.24 bits per heavy atom. The van der Waals surface area contributed by atoms with Gasteiger partial charge in [0.2, 0.25) is 0 Å². The number of hydrogen-bond donors (Lipinski definition) is 0. The summed E-state index contributed by atoms with van der Waals surface area (Å²) < 4.78 is 0. The van der Waals surface area contributed by atoms with Gasteiger partial charge in [-0.1, -0.05) is 67.9 Å². The highest BCUT2D eigenvalue weighted by molar-refractivity contribution is 5.23. The van der Waals surface area contributed by atoms with Crippen molar-refractivity contribution in [3.05, 3.63) is 71.3 Å². The van der Waals surface area contributed by atoms with Gasteiger partial charge in [-0.2, -0.15) is 0 Å². The molecule has 3 rings (SSSR count). The maximum Gasteiger partial charge on any atom is 0.0237 e. The lowest BCUT2D eigenvalue weighted by molar-refractivity contribution is 0.173. The van der Waals surface area contributed by atoms with Crippen LogP contribution in [0.25, 0.3) is 0 Å². The highest BCUT2D eigenvalue weighted by Gasteiger charge is 2.13. The molecule has 1 saturated heterocycles. The third-order valence-corrected chi connectivity index (χ3v) is 5.24. The van der Waals surface area contributed by atoms with Crippen LogP contribution in [0.4, 0.5) is 0 Å². The lowest BCUT2D eigenvalue weighted by atomic mass is 10.1. The van der Waals surface area contributed by atoms with E-state index in [1.807, 2.05) is 0 Å². The third-order valence-electron chi connectivity index (χ3n) is 5.24. The van der Waals surface area contributed by atoms with E-state index in [0.29, 0.717) is 0 Å². The second kappa shape index (κ2) is 9.74. The highest BCUT2D eigenvalue weighted by Crippen LogP contribution is 2.14. The van der Waals surface area contributed by atoms with Crippen LogP contribution < -0.4 is 0 Å². The van der Waals surface area contributed by atoms with Gasteiger partial charge >= 0.3 is 0 Å². The van der Waals surface area contributed by atoms with E-state index in [9.17, 15) is 0 Å².